The molecule has 5 rings (SSSR count). The van der Waals surface area contributed by atoms with Crippen molar-refractivity contribution < 1.29 is 27.5 Å². The fraction of sp³-hybridized carbons (Fsp3) is 0.133. The number of carbonyl (C=O) groups is 2. The number of ether oxygens (including phenoxy) is 2. The lowest BCUT2D eigenvalue weighted by atomic mass is 10.0. The zero-order chi connectivity index (χ0) is 30.2. The van der Waals surface area contributed by atoms with Gasteiger partial charge in [-0.3, -0.25) is 14.4 Å². The summed E-state index contributed by atoms with van der Waals surface area (Å²) in [6.07, 6.45) is 4.31. The lowest BCUT2D eigenvalue weighted by Crippen LogP contribution is -2.22. The van der Waals surface area contributed by atoms with Gasteiger partial charge in [0.05, 0.1) is 16.8 Å². The SMILES string of the molecule is CC(=O)Nc1cnc(Oc2ccc(OC(C)=O)cc2)c(-c2cn(C)c(=O)c3c2ccn3S(=O)(=O)c2ccc(C)cc2)c1. The topological polar surface area (TPSA) is 139 Å². The number of aromatic nitrogens is 3. The van der Waals surface area contributed by atoms with Gasteiger partial charge < -0.3 is 19.4 Å². The molecule has 0 aliphatic rings. The summed E-state index contributed by atoms with van der Waals surface area (Å²) in [4.78, 5) is 40.9. The molecule has 3 aromatic heterocycles. The number of hydrogen-bond acceptors (Lipinski definition) is 8. The van der Waals surface area contributed by atoms with Crippen LogP contribution in [-0.4, -0.2) is 33.8 Å². The standard InChI is InChI=1S/C30H26N4O7S/c1-18-5-11-24(12-6-18)42(38,39)34-14-13-25-27(17-33(4)30(37)28(25)34)26-15-21(32-19(2)35)16-31-29(26)41-23-9-7-22(8-10-23)40-20(3)36/h5-17H,1-4H3,(H,32,35). The summed E-state index contributed by atoms with van der Waals surface area (Å²) in [5, 5.41) is 3.02. The first-order valence-electron chi connectivity index (χ1n) is 12.7. The molecule has 0 saturated heterocycles. The van der Waals surface area contributed by atoms with Crippen molar-refractivity contribution in [2.24, 2.45) is 7.05 Å². The summed E-state index contributed by atoms with van der Waals surface area (Å²) in [6, 6.07) is 15.8. The average molecular weight is 587 g/mol. The van der Waals surface area contributed by atoms with Gasteiger partial charge in [0.1, 0.15) is 17.0 Å². The molecule has 42 heavy (non-hydrogen) atoms. The zero-order valence-electron chi connectivity index (χ0n) is 23.1. The highest BCUT2D eigenvalue weighted by atomic mass is 32.2. The van der Waals surface area contributed by atoms with Crippen LogP contribution in [0.15, 0.2) is 88.9 Å². The van der Waals surface area contributed by atoms with Crippen molar-refractivity contribution in [2.75, 3.05) is 5.32 Å². The van der Waals surface area contributed by atoms with Gasteiger partial charge in [-0.2, -0.15) is 0 Å². The predicted octanol–water partition coefficient (Wildman–Crippen LogP) is 4.62. The van der Waals surface area contributed by atoms with Gasteiger partial charge in [0.15, 0.2) is 0 Å². The minimum atomic E-state index is -4.11. The maximum absolute atomic E-state index is 13.6. The normalized spacial score (nSPS) is 11.3. The maximum atomic E-state index is 13.6. The van der Waals surface area contributed by atoms with Gasteiger partial charge in [0, 0.05) is 49.8 Å². The molecule has 11 nitrogen and oxygen atoms in total. The monoisotopic (exact) mass is 586 g/mol. The van der Waals surface area contributed by atoms with Crippen LogP contribution >= 0.6 is 0 Å². The molecule has 0 aliphatic carbocycles. The molecule has 0 unspecified atom stereocenters. The van der Waals surface area contributed by atoms with E-state index in [9.17, 15) is 22.8 Å². The largest absolute Gasteiger partial charge is 0.438 e. The molecule has 1 N–H and O–H groups in total. The molecule has 0 saturated carbocycles. The Labute approximate surface area is 241 Å². The van der Waals surface area contributed by atoms with Gasteiger partial charge in [-0.1, -0.05) is 17.7 Å². The van der Waals surface area contributed by atoms with Crippen LogP contribution in [0.4, 0.5) is 5.69 Å². The quantitative estimate of drug-likeness (QED) is 0.215. The molecular weight excluding hydrogens is 560 g/mol. The maximum Gasteiger partial charge on any atom is 0.308 e. The summed E-state index contributed by atoms with van der Waals surface area (Å²) in [5.74, 6) is 0.0422. The molecule has 0 spiro atoms. The number of rotatable bonds is 7. The van der Waals surface area contributed by atoms with Crippen molar-refractivity contribution in [3.05, 3.63) is 95.2 Å². The van der Waals surface area contributed by atoms with Gasteiger partial charge >= 0.3 is 5.97 Å². The predicted molar refractivity (Wildman–Crippen MR) is 156 cm³/mol. The van der Waals surface area contributed by atoms with E-state index in [4.69, 9.17) is 9.47 Å². The fourth-order valence-corrected chi connectivity index (χ4v) is 5.77. The van der Waals surface area contributed by atoms with Crippen LogP contribution in [0.25, 0.3) is 22.0 Å². The fourth-order valence-electron chi connectivity index (χ4n) is 4.42. The third-order valence-corrected chi connectivity index (χ3v) is 8.02. The molecule has 214 valence electrons. The van der Waals surface area contributed by atoms with Crippen molar-refractivity contribution in [3.8, 4) is 28.5 Å². The highest BCUT2D eigenvalue weighted by Gasteiger charge is 2.24. The van der Waals surface area contributed by atoms with Gasteiger partial charge in [0.25, 0.3) is 15.6 Å². The molecule has 0 atom stereocenters. The van der Waals surface area contributed by atoms with E-state index in [1.54, 1.807) is 54.7 Å². The van der Waals surface area contributed by atoms with Gasteiger partial charge in [-0.15, -0.1) is 0 Å². The van der Waals surface area contributed by atoms with Crippen LogP contribution in [0.3, 0.4) is 0 Å². The summed E-state index contributed by atoms with van der Waals surface area (Å²) in [5.41, 5.74) is 1.50. The molecule has 5 aromatic rings. The minimum Gasteiger partial charge on any atom is -0.438 e. The summed E-state index contributed by atoms with van der Waals surface area (Å²) in [6.45, 7) is 4.50. The van der Waals surface area contributed by atoms with Crippen molar-refractivity contribution in [2.45, 2.75) is 25.7 Å². The molecule has 0 bridgehead atoms. The minimum absolute atomic E-state index is 0.0357. The van der Waals surface area contributed by atoms with E-state index in [0.29, 0.717) is 33.7 Å². The summed E-state index contributed by atoms with van der Waals surface area (Å²) >= 11 is 0. The second-order valence-electron chi connectivity index (χ2n) is 9.58. The van der Waals surface area contributed by atoms with Crippen molar-refractivity contribution in [1.29, 1.82) is 0 Å². The molecule has 12 heteroatoms. The first-order valence-corrected chi connectivity index (χ1v) is 14.2. The highest BCUT2D eigenvalue weighted by Crippen LogP contribution is 2.38. The molecule has 0 fully saturated rings. The van der Waals surface area contributed by atoms with E-state index in [-0.39, 0.29) is 22.2 Å². The van der Waals surface area contributed by atoms with E-state index < -0.39 is 21.6 Å². The molecule has 3 heterocycles. The summed E-state index contributed by atoms with van der Waals surface area (Å²) < 4.78 is 40.6. The molecule has 2 aromatic carbocycles. The number of aryl methyl sites for hydroxylation is 2. The molecule has 1 amide bonds. The summed E-state index contributed by atoms with van der Waals surface area (Å²) in [7, 11) is -2.59. The van der Waals surface area contributed by atoms with Crippen molar-refractivity contribution in [3.63, 3.8) is 0 Å². The lowest BCUT2D eigenvalue weighted by Gasteiger charge is -2.15. The second-order valence-corrected chi connectivity index (χ2v) is 11.4. The Kier molecular flexibility index (Phi) is 7.40. The number of pyridine rings is 2. The third kappa shape index (κ3) is 5.52. The van der Waals surface area contributed by atoms with Crippen LogP contribution in [0.2, 0.25) is 0 Å². The van der Waals surface area contributed by atoms with Gasteiger partial charge in [0.2, 0.25) is 11.8 Å². The van der Waals surface area contributed by atoms with Crippen LogP contribution in [-0.2, 0) is 26.7 Å². The Morgan fingerprint density at radius 2 is 1.60 bits per heavy atom. The number of fused-ring (bicyclic) bond motifs is 1. The lowest BCUT2D eigenvalue weighted by molar-refractivity contribution is -0.131. The van der Waals surface area contributed by atoms with Gasteiger partial charge in [-0.05, 0) is 55.5 Å². The Balaban J connectivity index is 1.68. The van der Waals surface area contributed by atoms with E-state index in [1.807, 2.05) is 6.92 Å². The highest BCUT2D eigenvalue weighted by molar-refractivity contribution is 7.90. The number of anilines is 1. The number of nitrogens with one attached hydrogen (secondary N) is 1. The van der Waals surface area contributed by atoms with E-state index in [0.717, 1.165) is 9.54 Å². The van der Waals surface area contributed by atoms with Crippen LogP contribution in [0.1, 0.15) is 19.4 Å². The van der Waals surface area contributed by atoms with E-state index >= 15 is 0 Å². The van der Waals surface area contributed by atoms with E-state index in [2.05, 4.69) is 10.3 Å². The van der Waals surface area contributed by atoms with Crippen LogP contribution in [0.5, 0.6) is 17.4 Å². The number of benzene rings is 2. The van der Waals surface area contributed by atoms with Gasteiger partial charge in [-0.25, -0.2) is 17.4 Å². The Morgan fingerprint density at radius 1 is 0.929 bits per heavy atom. The number of nitrogens with zero attached hydrogens (tertiary/aromatic N) is 3. The number of esters is 1. The number of hydrogen-bond donors (Lipinski definition) is 1. The molecule has 0 aliphatic heterocycles. The smallest absolute Gasteiger partial charge is 0.308 e. The van der Waals surface area contributed by atoms with Crippen molar-refractivity contribution in [1.82, 2.24) is 13.5 Å². The number of amides is 1. The first-order chi connectivity index (χ1) is 19.9. The van der Waals surface area contributed by atoms with Crippen LogP contribution in [0, 0.1) is 6.92 Å². The zero-order valence-corrected chi connectivity index (χ0v) is 23.9. The van der Waals surface area contributed by atoms with E-state index in [1.165, 1.54) is 50.0 Å². The molecular formula is C30H26N4O7S. The van der Waals surface area contributed by atoms with Crippen molar-refractivity contribution >= 4 is 38.5 Å². The van der Waals surface area contributed by atoms with Crippen LogP contribution < -0.4 is 20.3 Å². The number of carbonyl (C=O) groups excluding carboxylic acids is 2. The Hall–Kier alpha value is -5.23. The second kappa shape index (κ2) is 11.0. The molecule has 0 radical (unpaired) electrons. The Morgan fingerprint density at radius 3 is 2.24 bits per heavy atom. The third-order valence-electron chi connectivity index (χ3n) is 6.33. The Bertz CT molecular complexity index is 2010. The average Bonchev–Trinajstić information content (AvgIpc) is 3.39. The first kappa shape index (κ1) is 28.3.